The number of nitrogens with zero attached hydrogens (tertiary/aromatic N) is 2. The number of amides is 2. The Labute approximate surface area is 194 Å². The molecule has 1 heterocycles. The summed E-state index contributed by atoms with van der Waals surface area (Å²) in [5.41, 5.74) is 2.73. The maximum atomic E-state index is 12.4. The van der Waals surface area contributed by atoms with Crippen LogP contribution in [-0.2, 0) is 20.9 Å². The van der Waals surface area contributed by atoms with E-state index in [1.54, 1.807) is 32.2 Å². The van der Waals surface area contributed by atoms with Crippen molar-refractivity contribution in [3.05, 3.63) is 48.0 Å². The third-order valence-electron chi connectivity index (χ3n) is 5.29. The highest BCUT2D eigenvalue weighted by Crippen LogP contribution is 2.27. The topological polar surface area (TPSA) is 92.4 Å². The van der Waals surface area contributed by atoms with Gasteiger partial charge in [-0.3, -0.25) is 14.5 Å². The predicted molar refractivity (Wildman–Crippen MR) is 127 cm³/mol. The number of likely N-dealkylation sites (N-methyl/N-ethyl adjacent to an activating group) is 1. The van der Waals surface area contributed by atoms with Crippen molar-refractivity contribution in [2.24, 2.45) is 0 Å². The highest BCUT2D eigenvalue weighted by molar-refractivity contribution is 5.92. The number of morpholine rings is 1. The number of nitrogens with one attached hydrogen (secondary N) is 2. The van der Waals surface area contributed by atoms with Crippen molar-refractivity contribution >= 4 is 23.2 Å². The largest absolute Gasteiger partial charge is 0.493 e. The molecule has 33 heavy (non-hydrogen) atoms. The van der Waals surface area contributed by atoms with E-state index in [1.807, 2.05) is 36.4 Å². The average molecular weight is 457 g/mol. The smallest absolute Gasteiger partial charge is 0.238 e. The molecular weight excluding hydrogens is 424 g/mol. The molecule has 0 aliphatic carbocycles. The van der Waals surface area contributed by atoms with E-state index in [0.717, 1.165) is 43.2 Å². The number of carbonyl (C=O) groups excluding carboxylic acids is 2. The molecule has 2 aromatic carbocycles. The summed E-state index contributed by atoms with van der Waals surface area (Å²) in [4.78, 5) is 28.6. The van der Waals surface area contributed by atoms with Crippen LogP contribution in [0.15, 0.2) is 42.5 Å². The second kappa shape index (κ2) is 12.1. The minimum Gasteiger partial charge on any atom is -0.493 e. The highest BCUT2D eigenvalue weighted by Gasteiger charge is 2.13. The summed E-state index contributed by atoms with van der Waals surface area (Å²) < 4.78 is 15.9. The van der Waals surface area contributed by atoms with Crippen molar-refractivity contribution in [3.63, 3.8) is 0 Å². The van der Waals surface area contributed by atoms with Crippen LogP contribution in [0.3, 0.4) is 0 Å². The molecule has 0 saturated carbocycles. The van der Waals surface area contributed by atoms with Gasteiger partial charge in [0.05, 0.1) is 40.5 Å². The molecule has 0 aromatic heterocycles. The molecule has 0 bridgehead atoms. The van der Waals surface area contributed by atoms with Gasteiger partial charge in [0.2, 0.25) is 11.8 Å². The van der Waals surface area contributed by atoms with Crippen molar-refractivity contribution < 1.29 is 23.8 Å². The summed E-state index contributed by atoms with van der Waals surface area (Å²) in [5, 5.41) is 5.73. The van der Waals surface area contributed by atoms with E-state index in [0.29, 0.717) is 18.0 Å². The molecule has 2 amide bonds. The van der Waals surface area contributed by atoms with Gasteiger partial charge in [-0.25, -0.2) is 0 Å². The van der Waals surface area contributed by atoms with Gasteiger partial charge in [0.15, 0.2) is 11.5 Å². The molecule has 1 fully saturated rings. The molecule has 0 spiro atoms. The Bertz CT molecular complexity index is 929. The number of ether oxygens (including phenoxy) is 3. The lowest BCUT2D eigenvalue weighted by atomic mass is 10.2. The van der Waals surface area contributed by atoms with Gasteiger partial charge in [-0.2, -0.15) is 0 Å². The van der Waals surface area contributed by atoms with Gasteiger partial charge in [0, 0.05) is 31.0 Å². The third-order valence-corrected chi connectivity index (χ3v) is 5.29. The zero-order chi connectivity index (χ0) is 23.6. The molecule has 0 atom stereocenters. The summed E-state index contributed by atoms with van der Waals surface area (Å²) in [7, 11) is 4.88. The van der Waals surface area contributed by atoms with Crippen molar-refractivity contribution in [3.8, 4) is 11.5 Å². The second-order valence-corrected chi connectivity index (χ2v) is 7.83. The number of rotatable bonds is 10. The van der Waals surface area contributed by atoms with Crippen LogP contribution in [0.5, 0.6) is 11.5 Å². The molecule has 2 aromatic rings. The monoisotopic (exact) mass is 456 g/mol. The summed E-state index contributed by atoms with van der Waals surface area (Å²) in [6, 6.07) is 13.2. The number of hydrogen-bond acceptors (Lipinski definition) is 7. The summed E-state index contributed by atoms with van der Waals surface area (Å²) in [6.45, 7) is 3.76. The molecule has 2 N–H and O–H groups in total. The van der Waals surface area contributed by atoms with E-state index >= 15 is 0 Å². The lowest BCUT2D eigenvalue weighted by Crippen LogP contribution is -2.38. The maximum Gasteiger partial charge on any atom is 0.238 e. The van der Waals surface area contributed by atoms with E-state index in [9.17, 15) is 9.59 Å². The summed E-state index contributed by atoms with van der Waals surface area (Å²) in [6.07, 6.45) is 0. The number of hydrogen-bond donors (Lipinski definition) is 2. The highest BCUT2D eigenvalue weighted by atomic mass is 16.5. The zero-order valence-corrected chi connectivity index (χ0v) is 19.4. The van der Waals surface area contributed by atoms with Crippen LogP contribution in [0, 0.1) is 0 Å². The molecule has 0 unspecified atom stereocenters. The number of anilines is 2. The van der Waals surface area contributed by atoms with Crippen molar-refractivity contribution in [2.75, 3.05) is 70.9 Å². The van der Waals surface area contributed by atoms with Crippen LogP contribution in [0.4, 0.5) is 11.4 Å². The van der Waals surface area contributed by atoms with Gasteiger partial charge < -0.3 is 29.7 Å². The van der Waals surface area contributed by atoms with Gasteiger partial charge in [0.25, 0.3) is 0 Å². The lowest BCUT2D eigenvalue weighted by Gasteiger charge is -2.28. The molecular formula is C24H32N4O5. The van der Waals surface area contributed by atoms with Gasteiger partial charge in [0.1, 0.15) is 0 Å². The van der Waals surface area contributed by atoms with Crippen LogP contribution in [0.25, 0.3) is 0 Å². The molecule has 9 heteroatoms. The van der Waals surface area contributed by atoms with Crippen molar-refractivity contribution in [1.29, 1.82) is 0 Å². The quantitative estimate of drug-likeness (QED) is 0.563. The molecule has 1 aliphatic heterocycles. The SMILES string of the molecule is COc1ccc(CNC(=O)CN(C)CC(=O)Nc2ccc(N3CCOCC3)cc2)cc1OC. The van der Waals surface area contributed by atoms with Gasteiger partial charge in [-0.05, 0) is 49.0 Å². The van der Waals surface area contributed by atoms with Crippen molar-refractivity contribution in [1.82, 2.24) is 10.2 Å². The number of benzene rings is 2. The molecule has 0 radical (unpaired) electrons. The van der Waals surface area contributed by atoms with E-state index in [1.165, 1.54) is 0 Å². The van der Waals surface area contributed by atoms with Crippen LogP contribution in [-0.4, -0.2) is 77.4 Å². The molecule has 1 aliphatic rings. The Balaban J connectivity index is 1.41. The first-order chi connectivity index (χ1) is 16.0. The second-order valence-electron chi connectivity index (χ2n) is 7.83. The van der Waals surface area contributed by atoms with Crippen LogP contribution < -0.4 is 25.0 Å². The van der Waals surface area contributed by atoms with E-state index in [2.05, 4.69) is 15.5 Å². The van der Waals surface area contributed by atoms with Crippen LogP contribution >= 0.6 is 0 Å². The summed E-state index contributed by atoms with van der Waals surface area (Å²) >= 11 is 0. The van der Waals surface area contributed by atoms with E-state index in [-0.39, 0.29) is 24.9 Å². The Morgan fingerprint density at radius 1 is 0.970 bits per heavy atom. The molecule has 1 saturated heterocycles. The zero-order valence-electron chi connectivity index (χ0n) is 19.4. The maximum absolute atomic E-state index is 12.4. The first kappa shape index (κ1) is 24.3. The van der Waals surface area contributed by atoms with Gasteiger partial charge in [-0.15, -0.1) is 0 Å². The normalized spacial score (nSPS) is 13.5. The first-order valence-electron chi connectivity index (χ1n) is 10.9. The van der Waals surface area contributed by atoms with Crippen molar-refractivity contribution in [2.45, 2.75) is 6.54 Å². The summed E-state index contributed by atoms with van der Waals surface area (Å²) in [5.74, 6) is 0.893. The minimum atomic E-state index is -0.177. The minimum absolute atomic E-state index is 0.106. The fraction of sp³-hybridized carbons (Fsp3) is 0.417. The van der Waals surface area contributed by atoms with Gasteiger partial charge in [-0.1, -0.05) is 6.07 Å². The lowest BCUT2D eigenvalue weighted by molar-refractivity contribution is -0.123. The standard InChI is InChI=1S/C24H32N4O5/c1-27(16-23(29)25-15-18-4-9-21(31-2)22(14-18)32-3)17-24(30)26-19-5-7-20(8-6-19)28-10-12-33-13-11-28/h4-9,14H,10-13,15-17H2,1-3H3,(H,25,29)(H,26,30). The van der Waals surface area contributed by atoms with Crippen LogP contribution in [0.2, 0.25) is 0 Å². The fourth-order valence-electron chi connectivity index (χ4n) is 3.57. The number of carbonyl (C=O) groups is 2. The Morgan fingerprint density at radius 2 is 1.64 bits per heavy atom. The van der Waals surface area contributed by atoms with E-state index < -0.39 is 0 Å². The predicted octanol–water partition coefficient (Wildman–Crippen LogP) is 1.73. The Morgan fingerprint density at radius 3 is 2.30 bits per heavy atom. The van der Waals surface area contributed by atoms with E-state index in [4.69, 9.17) is 14.2 Å². The Hall–Kier alpha value is -3.30. The average Bonchev–Trinajstić information content (AvgIpc) is 2.83. The molecule has 178 valence electrons. The van der Waals surface area contributed by atoms with Gasteiger partial charge >= 0.3 is 0 Å². The fourth-order valence-corrected chi connectivity index (χ4v) is 3.57. The number of methoxy groups -OCH3 is 2. The Kier molecular flexibility index (Phi) is 8.91. The third kappa shape index (κ3) is 7.37. The van der Waals surface area contributed by atoms with Crippen LogP contribution in [0.1, 0.15) is 5.56 Å². The first-order valence-corrected chi connectivity index (χ1v) is 10.9. The molecule has 3 rings (SSSR count). The molecule has 9 nitrogen and oxygen atoms in total.